The molecular weight excluding hydrogens is 236 g/mol. The molecule has 4 heteroatoms. The minimum atomic E-state index is 0.124. The summed E-state index contributed by atoms with van der Waals surface area (Å²) in [5.41, 5.74) is 9.01. The highest BCUT2D eigenvalue weighted by Crippen LogP contribution is 2.26. The maximum absolute atomic E-state index is 7.78. The molecule has 0 spiro atoms. The second-order valence-electron chi connectivity index (χ2n) is 5.36. The van der Waals surface area contributed by atoms with Gasteiger partial charge in [0.15, 0.2) is 0 Å². The fourth-order valence-electron chi connectivity index (χ4n) is 2.61. The van der Waals surface area contributed by atoms with Crippen molar-refractivity contribution in [2.24, 2.45) is 5.73 Å². The first-order chi connectivity index (χ1) is 9.13. The summed E-state index contributed by atoms with van der Waals surface area (Å²) in [7, 11) is 2.04. The van der Waals surface area contributed by atoms with Gasteiger partial charge in [-0.05, 0) is 43.7 Å². The zero-order valence-electron chi connectivity index (χ0n) is 12.0. The average Bonchev–Trinajstić information content (AvgIpc) is 2.43. The van der Waals surface area contributed by atoms with Gasteiger partial charge in [-0.3, -0.25) is 5.41 Å². The molecule has 19 heavy (non-hydrogen) atoms. The Labute approximate surface area is 115 Å². The Hall–Kier alpha value is -1.58. The third-order valence-electron chi connectivity index (χ3n) is 3.78. The average molecular weight is 260 g/mol. The molecular formula is C15H24N4. The molecule has 0 saturated heterocycles. The number of fused-ring (bicyclic) bond motifs is 1. The van der Waals surface area contributed by atoms with Crippen LogP contribution in [-0.4, -0.2) is 24.4 Å². The zero-order chi connectivity index (χ0) is 13.8. The lowest BCUT2D eigenvalue weighted by Crippen LogP contribution is -2.26. The van der Waals surface area contributed by atoms with Crippen LogP contribution in [0.3, 0.4) is 0 Å². The predicted molar refractivity (Wildman–Crippen MR) is 80.1 cm³/mol. The first kappa shape index (κ1) is 13.8. The standard InChI is InChI=1S/C15H24N4/c1-3-4-9-19(2)15-12(14(16)17)10-11-7-5-6-8-13(11)18-15/h10H,3-9H2,1-2H3,(H3,16,17). The van der Waals surface area contributed by atoms with E-state index in [9.17, 15) is 0 Å². The molecule has 104 valence electrons. The zero-order valence-corrected chi connectivity index (χ0v) is 12.0. The predicted octanol–water partition coefficient (Wildman–Crippen LogP) is 2.48. The topological polar surface area (TPSA) is 66.0 Å². The quantitative estimate of drug-likeness (QED) is 0.631. The number of pyridine rings is 1. The first-order valence-corrected chi connectivity index (χ1v) is 7.21. The van der Waals surface area contributed by atoms with Gasteiger partial charge >= 0.3 is 0 Å². The lowest BCUT2D eigenvalue weighted by atomic mass is 9.94. The lowest BCUT2D eigenvalue weighted by molar-refractivity contribution is 0.664. The Morgan fingerprint density at radius 3 is 2.84 bits per heavy atom. The summed E-state index contributed by atoms with van der Waals surface area (Å²) in [5.74, 6) is 1.00. The number of hydrogen-bond donors (Lipinski definition) is 2. The Bertz CT molecular complexity index is 467. The fraction of sp³-hybridized carbons (Fsp3) is 0.600. The van der Waals surface area contributed by atoms with Crippen LogP contribution in [0.4, 0.5) is 5.82 Å². The van der Waals surface area contributed by atoms with E-state index in [0.717, 1.165) is 43.6 Å². The molecule has 0 unspecified atom stereocenters. The van der Waals surface area contributed by atoms with E-state index < -0.39 is 0 Å². The summed E-state index contributed by atoms with van der Waals surface area (Å²) in [4.78, 5) is 6.93. The minimum absolute atomic E-state index is 0.124. The van der Waals surface area contributed by atoms with Gasteiger partial charge < -0.3 is 10.6 Å². The van der Waals surface area contributed by atoms with Gasteiger partial charge in [0, 0.05) is 19.3 Å². The Morgan fingerprint density at radius 1 is 1.42 bits per heavy atom. The van der Waals surface area contributed by atoms with Crippen molar-refractivity contribution in [2.45, 2.75) is 45.4 Å². The molecule has 0 aromatic carbocycles. The smallest absolute Gasteiger partial charge is 0.139 e. The molecule has 1 aliphatic carbocycles. The molecule has 1 aromatic heterocycles. The molecule has 3 N–H and O–H groups in total. The second kappa shape index (κ2) is 6.04. The molecule has 2 rings (SSSR count). The largest absolute Gasteiger partial charge is 0.384 e. The molecule has 1 aromatic rings. The fourth-order valence-corrected chi connectivity index (χ4v) is 2.61. The third kappa shape index (κ3) is 3.06. The molecule has 0 fully saturated rings. The van der Waals surface area contributed by atoms with Crippen LogP contribution < -0.4 is 10.6 Å². The van der Waals surface area contributed by atoms with Gasteiger partial charge in [-0.1, -0.05) is 13.3 Å². The van der Waals surface area contributed by atoms with E-state index in [-0.39, 0.29) is 5.84 Å². The number of nitrogens with zero attached hydrogens (tertiary/aromatic N) is 2. The number of rotatable bonds is 5. The molecule has 4 nitrogen and oxygen atoms in total. The first-order valence-electron chi connectivity index (χ1n) is 7.21. The van der Waals surface area contributed by atoms with Crippen molar-refractivity contribution >= 4 is 11.7 Å². The van der Waals surface area contributed by atoms with E-state index >= 15 is 0 Å². The lowest BCUT2D eigenvalue weighted by Gasteiger charge is -2.24. The highest BCUT2D eigenvalue weighted by molar-refractivity contribution is 5.99. The number of nitrogen functional groups attached to an aromatic ring is 1. The van der Waals surface area contributed by atoms with Gasteiger partial charge in [0.25, 0.3) is 0 Å². The third-order valence-corrected chi connectivity index (χ3v) is 3.78. The van der Waals surface area contributed by atoms with E-state index in [0.29, 0.717) is 0 Å². The van der Waals surface area contributed by atoms with Crippen LogP contribution >= 0.6 is 0 Å². The Kier molecular flexibility index (Phi) is 4.40. The van der Waals surface area contributed by atoms with E-state index in [1.807, 2.05) is 7.05 Å². The van der Waals surface area contributed by atoms with Crippen LogP contribution in [-0.2, 0) is 12.8 Å². The summed E-state index contributed by atoms with van der Waals surface area (Å²) < 4.78 is 0. The monoisotopic (exact) mass is 260 g/mol. The molecule has 0 atom stereocenters. The van der Waals surface area contributed by atoms with Gasteiger partial charge in [-0.25, -0.2) is 4.98 Å². The summed E-state index contributed by atoms with van der Waals surface area (Å²) in [6.07, 6.45) is 6.86. The van der Waals surface area contributed by atoms with Crippen molar-refractivity contribution in [3.05, 3.63) is 22.9 Å². The van der Waals surface area contributed by atoms with Crippen LogP contribution in [0.5, 0.6) is 0 Å². The summed E-state index contributed by atoms with van der Waals surface area (Å²) >= 11 is 0. The van der Waals surface area contributed by atoms with Gasteiger partial charge in [0.2, 0.25) is 0 Å². The van der Waals surface area contributed by atoms with Gasteiger partial charge in [-0.15, -0.1) is 0 Å². The Balaban J connectivity index is 2.36. The molecule has 1 aliphatic rings. The molecule has 0 amide bonds. The van der Waals surface area contributed by atoms with Crippen LogP contribution in [0.2, 0.25) is 0 Å². The molecule has 0 bridgehead atoms. The van der Waals surface area contributed by atoms with Crippen LogP contribution in [0.15, 0.2) is 6.07 Å². The van der Waals surface area contributed by atoms with Crippen molar-refractivity contribution in [1.82, 2.24) is 4.98 Å². The maximum atomic E-state index is 7.78. The van der Waals surface area contributed by atoms with Crippen LogP contribution in [0, 0.1) is 5.41 Å². The summed E-state index contributed by atoms with van der Waals surface area (Å²) in [6.45, 7) is 3.14. The highest BCUT2D eigenvalue weighted by atomic mass is 15.2. The number of aryl methyl sites for hydroxylation is 2. The van der Waals surface area contributed by atoms with E-state index in [4.69, 9.17) is 16.1 Å². The number of hydrogen-bond acceptors (Lipinski definition) is 3. The maximum Gasteiger partial charge on any atom is 0.139 e. The Morgan fingerprint density at radius 2 is 2.16 bits per heavy atom. The molecule has 1 heterocycles. The summed E-state index contributed by atoms with van der Waals surface area (Å²) in [6, 6.07) is 2.08. The normalized spacial score (nSPS) is 14.0. The van der Waals surface area contributed by atoms with Crippen molar-refractivity contribution in [2.75, 3.05) is 18.5 Å². The molecule has 0 aliphatic heterocycles. The second-order valence-corrected chi connectivity index (χ2v) is 5.36. The molecule has 0 radical (unpaired) electrons. The highest BCUT2D eigenvalue weighted by Gasteiger charge is 2.18. The number of unbranched alkanes of at least 4 members (excludes halogenated alkanes) is 1. The van der Waals surface area contributed by atoms with Gasteiger partial charge in [0.05, 0.1) is 5.56 Å². The van der Waals surface area contributed by atoms with Crippen molar-refractivity contribution in [3.8, 4) is 0 Å². The van der Waals surface area contributed by atoms with Crippen molar-refractivity contribution < 1.29 is 0 Å². The van der Waals surface area contributed by atoms with Gasteiger partial charge in [-0.2, -0.15) is 0 Å². The number of nitrogens with two attached hydrogens (primary N) is 1. The summed E-state index contributed by atoms with van der Waals surface area (Å²) in [5, 5.41) is 7.78. The van der Waals surface area contributed by atoms with E-state index in [2.05, 4.69) is 17.9 Å². The number of aromatic nitrogens is 1. The number of amidine groups is 1. The van der Waals surface area contributed by atoms with Gasteiger partial charge in [0.1, 0.15) is 11.7 Å². The number of anilines is 1. The number of nitrogens with one attached hydrogen (secondary N) is 1. The van der Waals surface area contributed by atoms with E-state index in [1.54, 1.807) is 0 Å². The SMILES string of the molecule is CCCCN(C)c1nc2c(cc1C(=N)N)CCCC2. The molecule has 0 saturated carbocycles. The van der Waals surface area contributed by atoms with Crippen molar-refractivity contribution in [3.63, 3.8) is 0 Å². The van der Waals surface area contributed by atoms with Crippen LogP contribution in [0.1, 0.15) is 49.4 Å². The van der Waals surface area contributed by atoms with Crippen LogP contribution in [0.25, 0.3) is 0 Å². The van der Waals surface area contributed by atoms with Crippen molar-refractivity contribution in [1.29, 1.82) is 5.41 Å². The van der Waals surface area contributed by atoms with E-state index in [1.165, 1.54) is 24.1 Å². The minimum Gasteiger partial charge on any atom is -0.384 e.